The maximum atomic E-state index is 14.0. The van der Waals surface area contributed by atoms with Crippen molar-refractivity contribution in [3.8, 4) is 0 Å². The van der Waals surface area contributed by atoms with E-state index in [9.17, 15) is 18.4 Å². The molecule has 2 heterocycles. The number of nitrogens with one attached hydrogen (secondary N) is 2. The van der Waals surface area contributed by atoms with E-state index >= 15 is 0 Å². The van der Waals surface area contributed by atoms with Crippen LogP contribution >= 0.6 is 23.2 Å². The summed E-state index contributed by atoms with van der Waals surface area (Å²) in [5.41, 5.74) is 0.776. The Bertz CT molecular complexity index is 1230. The third kappa shape index (κ3) is 3.62. The van der Waals surface area contributed by atoms with Crippen LogP contribution in [0.5, 0.6) is 0 Å². The summed E-state index contributed by atoms with van der Waals surface area (Å²) >= 11 is 11.9. The van der Waals surface area contributed by atoms with E-state index in [-0.39, 0.29) is 29.0 Å². The normalized spacial score (nSPS) is 15.7. The quantitative estimate of drug-likeness (QED) is 0.582. The topological polar surface area (TPSA) is 74.4 Å². The van der Waals surface area contributed by atoms with Crippen LogP contribution in [-0.2, 0) is 11.3 Å². The third-order valence-electron chi connectivity index (χ3n) is 5.00. The van der Waals surface area contributed by atoms with Gasteiger partial charge in [0.2, 0.25) is 0 Å². The molecule has 0 saturated carbocycles. The van der Waals surface area contributed by atoms with E-state index in [0.29, 0.717) is 22.0 Å². The average molecular weight is 454 g/mol. The number of aromatic nitrogens is 1. The summed E-state index contributed by atoms with van der Waals surface area (Å²) in [6, 6.07) is 5.34. The molecule has 0 fully saturated rings. The molecule has 1 atom stereocenters. The lowest BCUT2D eigenvalue weighted by Crippen LogP contribution is -2.39. The number of carbonyl (C=O) groups excluding carboxylic acids is 1. The predicted octanol–water partition coefficient (Wildman–Crippen LogP) is 4.85. The standard InChI is InChI=1S/C20H15Cl2F2N3O3/c1-27(20(29)25-9-2-3-12(21)13(22)4-9)17-8-30-7-16-18(17)10-5-14(23)15(24)6-11(10)19(28)26-16/h2-6,17H,7-8H2,1H3,(H,25,29)(H,26,28). The average Bonchev–Trinajstić information content (AvgIpc) is 2.71. The Morgan fingerprint density at radius 2 is 1.87 bits per heavy atom. The number of fused-ring (bicyclic) bond motifs is 3. The Morgan fingerprint density at radius 1 is 1.17 bits per heavy atom. The van der Waals surface area contributed by atoms with E-state index in [1.165, 1.54) is 18.0 Å². The number of halogens is 4. The number of H-pyrrole nitrogens is 1. The van der Waals surface area contributed by atoms with Gasteiger partial charge in [-0.2, -0.15) is 0 Å². The van der Waals surface area contributed by atoms with Crippen LogP contribution in [0.25, 0.3) is 10.8 Å². The highest BCUT2D eigenvalue weighted by Crippen LogP contribution is 2.34. The molecule has 4 rings (SSSR count). The summed E-state index contributed by atoms with van der Waals surface area (Å²) in [5.74, 6) is -2.20. The number of ether oxygens (including phenoxy) is 1. The van der Waals surface area contributed by atoms with Crippen molar-refractivity contribution in [1.82, 2.24) is 9.88 Å². The van der Waals surface area contributed by atoms with Gasteiger partial charge in [0.15, 0.2) is 11.6 Å². The molecule has 6 nitrogen and oxygen atoms in total. The Hall–Kier alpha value is -2.68. The summed E-state index contributed by atoms with van der Waals surface area (Å²) in [6.07, 6.45) is 0. The number of urea groups is 1. The number of anilines is 1. The molecule has 2 aromatic carbocycles. The van der Waals surface area contributed by atoms with Crippen LogP contribution in [0.3, 0.4) is 0 Å². The van der Waals surface area contributed by atoms with E-state index < -0.39 is 29.3 Å². The molecule has 2 N–H and O–H groups in total. The molecule has 1 aromatic heterocycles. The van der Waals surface area contributed by atoms with Crippen LogP contribution in [-0.4, -0.2) is 29.6 Å². The first kappa shape index (κ1) is 20.6. The summed E-state index contributed by atoms with van der Waals surface area (Å²) < 4.78 is 33.2. The number of nitrogens with zero attached hydrogens (tertiary/aromatic N) is 1. The van der Waals surface area contributed by atoms with Crippen LogP contribution in [0.4, 0.5) is 19.3 Å². The zero-order valence-electron chi connectivity index (χ0n) is 15.6. The summed E-state index contributed by atoms with van der Waals surface area (Å²) in [5, 5.41) is 3.56. The van der Waals surface area contributed by atoms with Gasteiger partial charge in [0.05, 0.1) is 34.7 Å². The van der Waals surface area contributed by atoms with Crippen LogP contribution in [0, 0.1) is 11.6 Å². The lowest BCUT2D eigenvalue weighted by atomic mass is 9.95. The smallest absolute Gasteiger partial charge is 0.322 e. The van der Waals surface area contributed by atoms with Gasteiger partial charge in [0.25, 0.3) is 5.56 Å². The van der Waals surface area contributed by atoms with Crippen molar-refractivity contribution in [2.45, 2.75) is 12.6 Å². The summed E-state index contributed by atoms with van der Waals surface area (Å²) in [7, 11) is 1.53. The molecule has 156 valence electrons. The second kappa shape index (κ2) is 7.86. The Labute approximate surface area is 179 Å². The molecule has 2 amide bonds. The first-order valence-corrected chi connectivity index (χ1v) is 9.62. The van der Waals surface area contributed by atoms with Gasteiger partial charge in [-0.25, -0.2) is 13.6 Å². The van der Waals surface area contributed by atoms with Crippen molar-refractivity contribution in [2.75, 3.05) is 19.0 Å². The van der Waals surface area contributed by atoms with Crippen molar-refractivity contribution in [2.24, 2.45) is 0 Å². The second-order valence-electron chi connectivity index (χ2n) is 6.86. The molecule has 0 spiro atoms. The second-order valence-corrected chi connectivity index (χ2v) is 7.67. The monoisotopic (exact) mass is 453 g/mol. The zero-order valence-corrected chi connectivity index (χ0v) is 17.1. The Balaban J connectivity index is 1.73. The molecule has 0 radical (unpaired) electrons. The minimum absolute atomic E-state index is 0.00200. The minimum atomic E-state index is -1.12. The van der Waals surface area contributed by atoms with Gasteiger partial charge in [-0.05, 0) is 35.7 Å². The van der Waals surface area contributed by atoms with Crippen LogP contribution in [0.15, 0.2) is 35.1 Å². The van der Waals surface area contributed by atoms with Gasteiger partial charge in [-0.15, -0.1) is 0 Å². The Morgan fingerprint density at radius 3 is 2.57 bits per heavy atom. The number of aromatic amines is 1. The summed E-state index contributed by atoms with van der Waals surface area (Å²) in [4.78, 5) is 29.1. The van der Waals surface area contributed by atoms with Gasteiger partial charge in [0, 0.05) is 24.0 Å². The number of rotatable bonds is 2. The van der Waals surface area contributed by atoms with Crippen molar-refractivity contribution < 1.29 is 18.3 Å². The highest BCUT2D eigenvalue weighted by atomic mass is 35.5. The molecule has 10 heteroatoms. The van der Waals surface area contributed by atoms with Gasteiger partial charge >= 0.3 is 6.03 Å². The number of hydrogen-bond donors (Lipinski definition) is 2. The van der Waals surface area contributed by atoms with Crippen molar-refractivity contribution >= 4 is 45.7 Å². The lowest BCUT2D eigenvalue weighted by molar-refractivity contribution is 0.0527. The van der Waals surface area contributed by atoms with E-state index in [0.717, 1.165) is 12.1 Å². The first-order valence-electron chi connectivity index (χ1n) is 8.86. The van der Waals surface area contributed by atoms with Crippen LogP contribution < -0.4 is 10.9 Å². The molecule has 0 bridgehead atoms. The number of pyridine rings is 1. The van der Waals surface area contributed by atoms with Crippen molar-refractivity contribution in [3.05, 3.63) is 73.6 Å². The molecule has 1 aliphatic heterocycles. The fraction of sp³-hybridized carbons (Fsp3) is 0.200. The van der Waals surface area contributed by atoms with Gasteiger partial charge in [-0.1, -0.05) is 23.2 Å². The molecule has 30 heavy (non-hydrogen) atoms. The van der Waals surface area contributed by atoms with Gasteiger partial charge < -0.3 is 19.9 Å². The predicted molar refractivity (Wildman–Crippen MR) is 110 cm³/mol. The highest BCUT2D eigenvalue weighted by molar-refractivity contribution is 6.42. The SMILES string of the molecule is CN(C(=O)Nc1ccc(Cl)c(Cl)c1)C1COCc2[nH]c(=O)c3cc(F)c(F)cc3c21. The minimum Gasteiger partial charge on any atom is -0.373 e. The Kier molecular flexibility index (Phi) is 5.40. The molecular formula is C20H15Cl2F2N3O3. The fourth-order valence-electron chi connectivity index (χ4n) is 3.47. The van der Waals surface area contributed by atoms with Crippen molar-refractivity contribution in [1.29, 1.82) is 0 Å². The fourth-order valence-corrected chi connectivity index (χ4v) is 3.77. The van der Waals surface area contributed by atoms with E-state index in [1.807, 2.05) is 0 Å². The highest BCUT2D eigenvalue weighted by Gasteiger charge is 2.31. The number of hydrogen-bond acceptors (Lipinski definition) is 3. The zero-order chi connectivity index (χ0) is 21.6. The molecule has 3 aromatic rings. The molecular weight excluding hydrogens is 439 g/mol. The van der Waals surface area contributed by atoms with Crippen LogP contribution in [0.2, 0.25) is 10.0 Å². The molecule has 1 unspecified atom stereocenters. The summed E-state index contributed by atoms with van der Waals surface area (Å²) in [6.45, 7) is 0.191. The number of carbonyl (C=O) groups is 1. The van der Waals surface area contributed by atoms with E-state index in [4.69, 9.17) is 27.9 Å². The maximum Gasteiger partial charge on any atom is 0.322 e. The maximum absolute atomic E-state index is 14.0. The lowest BCUT2D eigenvalue weighted by Gasteiger charge is -2.33. The largest absolute Gasteiger partial charge is 0.373 e. The third-order valence-corrected chi connectivity index (χ3v) is 5.74. The number of benzene rings is 2. The van der Waals surface area contributed by atoms with Gasteiger partial charge in [-0.3, -0.25) is 4.79 Å². The van der Waals surface area contributed by atoms with E-state index in [2.05, 4.69) is 10.3 Å². The number of likely N-dealkylation sites (N-methyl/N-ethyl adjacent to an activating group) is 1. The molecule has 0 aliphatic carbocycles. The van der Waals surface area contributed by atoms with Crippen molar-refractivity contribution in [3.63, 3.8) is 0 Å². The molecule has 0 saturated heterocycles. The first-order chi connectivity index (χ1) is 14.3. The molecule has 1 aliphatic rings. The van der Waals surface area contributed by atoms with Gasteiger partial charge in [0.1, 0.15) is 0 Å². The van der Waals surface area contributed by atoms with Crippen LogP contribution in [0.1, 0.15) is 17.3 Å². The van der Waals surface area contributed by atoms with E-state index in [1.54, 1.807) is 12.1 Å². The number of amides is 2.